The lowest BCUT2D eigenvalue weighted by Gasteiger charge is -2.31. The number of sulfonamides is 1. The second kappa shape index (κ2) is 8.80. The van der Waals surface area contributed by atoms with Gasteiger partial charge < -0.3 is 10.1 Å². The van der Waals surface area contributed by atoms with Gasteiger partial charge in [0.1, 0.15) is 5.75 Å². The second-order valence-electron chi connectivity index (χ2n) is 7.15. The minimum Gasteiger partial charge on any atom is -0.494 e. The topological polar surface area (TPSA) is 119 Å². The number of anilines is 1. The number of ether oxygens (including phenoxy) is 1. The zero-order chi connectivity index (χ0) is 21.9. The lowest BCUT2D eigenvalue weighted by Crippen LogP contribution is -2.43. The van der Waals surface area contributed by atoms with E-state index in [9.17, 15) is 23.3 Å². The van der Waals surface area contributed by atoms with Crippen molar-refractivity contribution in [2.45, 2.75) is 24.7 Å². The predicted molar refractivity (Wildman–Crippen MR) is 111 cm³/mol. The van der Waals surface area contributed by atoms with E-state index in [-0.39, 0.29) is 28.8 Å². The highest BCUT2D eigenvalue weighted by atomic mass is 32.2. The Bertz CT molecular complexity index is 1050. The van der Waals surface area contributed by atoms with Crippen LogP contribution in [0.4, 0.5) is 11.4 Å². The van der Waals surface area contributed by atoms with E-state index in [1.165, 1.54) is 29.6 Å². The molecule has 1 atom stereocenters. The van der Waals surface area contributed by atoms with E-state index in [2.05, 4.69) is 5.32 Å². The number of piperidine rings is 1. The van der Waals surface area contributed by atoms with Crippen LogP contribution in [0.5, 0.6) is 5.75 Å². The first kappa shape index (κ1) is 21.7. The van der Waals surface area contributed by atoms with Gasteiger partial charge in [-0.15, -0.1) is 0 Å². The Morgan fingerprint density at radius 1 is 1.23 bits per heavy atom. The van der Waals surface area contributed by atoms with Gasteiger partial charge in [-0.25, -0.2) is 8.42 Å². The molecule has 0 saturated carbocycles. The molecule has 30 heavy (non-hydrogen) atoms. The summed E-state index contributed by atoms with van der Waals surface area (Å²) in [6, 6.07) is 10.5. The van der Waals surface area contributed by atoms with Gasteiger partial charge in [0, 0.05) is 19.2 Å². The van der Waals surface area contributed by atoms with Gasteiger partial charge in [-0.2, -0.15) is 4.31 Å². The first-order valence-corrected chi connectivity index (χ1v) is 10.9. The summed E-state index contributed by atoms with van der Waals surface area (Å²) >= 11 is 0. The second-order valence-corrected chi connectivity index (χ2v) is 9.08. The lowest BCUT2D eigenvalue weighted by atomic mass is 9.98. The van der Waals surface area contributed by atoms with Crippen LogP contribution in [-0.2, 0) is 14.8 Å². The monoisotopic (exact) mass is 433 g/mol. The Morgan fingerprint density at radius 2 is 1.93 bits per heavy atom. The Morgan fingerprint density at radius 3 is 2.57 bits per heavy atom. The van der Waals surface area contributed by atoms with Crippen molar-refractivity contribution in [3.8, 4) is 5.75 Å². The van der Waals surface area contributed by atoms with Crippen LogP contribution in [0.25, 0.3) is 0 Å². The summed E-state index contributed by atoms with van der Waals surface area (Å²) in [7, 11) is -2.34. The molecule has 3 rings (SSSR count). The van der Waals surface area contributed by atoms with Crippen molar-refractivity contribution in [2.75, 3.05) is 25.5 Å². The molecule has 0 spiro atoms. The summed E-state index contributed by atoms with van der Waals surface area (Å²) in [6.45, 7) is 2.29. The third-order valence-electron chi connectivity index (χ3n) is 5.07. The maximum Gasteiger partial charge on any atom is 0.273 e. The Labute approximate surface area is 174 Å². The fourth-order valence-corrected chi connectivity index (χ4v) is 4.89. The number of rotatable bonds is 6. The van der Waals surface area contributed by atoms with Crippen LogP contribution in [0, 0.1) is 23.0 Å². The van der Waals surface area contributed by atoms with Gasteiger partial charge in [0.05, 0.1) is 34.6 Å². The molecule has 1 amide bonds. The van der Waals surface area contributed by atoms with Gasteiger partial charge in [-0.1, -0.05) is 17.7 Å². The molecule has 1 aliphatic heterocycles. The molecule has 1 N–H and O–H groups in total. The molecular weight excluding hydrogens is 410 g/mol. The maximum absolute atomic E-state index is 12.9. The van der Waals surface area contributed by atoms with Crippen molar-refractivity contribution >= 4 is 27.3 Å². The highest BCUT2D eigenvalue weighted by molar-refractivity contribution is 7.89. The summed E-state index contributed by atoms with van der Waals surface area (Å²) in [6.07, 6.45) is 1.10. The van der Waals surface area contributed by atoms with E-state index >= 15 is 0 Å². The number of hydrogen-bond acceptors (Lipinski definition) is 6. The fourth-order valence-electron chi connectivity index (χ4n) is 3.37. The van der Waals surface area contributed by atoms with E-state index in [0.29, 0.717) is 25.1 Å². The summed E-state index contributed by atoms with van der Waals surface area (Å²) in [5.41, 5.74) is 1.10. The molecule has 0 unspecified atom stereocenters. The number of carbonyl (C=O) groups excluding carboxylic acids is 1. The van der Waals surface area contributed by atoms with E-state index in [0.717, 1.165) is 5.56 Å². The number of carbonyl (C=O) groups is 1. The van der Waals surface area contributed by atoms with Gasteiger partial charge in [-0.05, 0) is 38.0 Å². The number of nitrogens with zero attached hydrogens (tertiary/aromatic N) is 2. The molecule has 1 fully saturated rings. The SMILES string of the molecule is COc1cc([N+](=O)[O-])ccc1NC(=O)[C@@H]1CCCN(S(=O)(=O)c2ccc(C)cc2)C1. The largest absolute Gasteiger partial charge is 0.494 e. The molecule has 2 aromatic carbocycles. The van der Waals surface area contributed by atoms with Gasteiger partial charge in [0.15, 0.2) is 0 Å². The summed E-state index contributed by atoms with van der Waals surface area (Å²) in [5, 5.41) is 13.6. The third-order valence-corrected chi connectivity index (χ3v) is 6.95. The first-order valence-electron chi connectivity index (χ1n) is 9.42. The van der Waals surface area contributed by atoms with Crippen LogP contribution in [-0.4, -0.2) is 43.8 Å². The molecule has 9 nitrogen and oxygen atoms in total. The zero-order valence-corrected chi connectivity index (χ0v) is 17.5. The van der Waals surface area contributed by atoms with Crippen molar-refractivity contribution in [1.29, 1.82) is 0 Å². The van der Waals surface area contributed by atoms with E-state index in [4.69, 9.17) is 4.74 Å². The molecule has 2 aromatic rings. The average Bonchev–Trinajstić information content (AvgIpc) is 2.74. The van der Waals surface area contributed by atoms with Gasteiger partial charge in [0.2, 0.25) is 15.9 Å². The number of hydrogen-bond donors (Lipinski definition) is 1. The number of nitrogens with one attached hydrogen (secondary N) is 1. The maximum atomic E-state index is 12.9. The van der Waals surface area contributed by atoms with Crippen LogP contribution in [0.1, 0.15) is 18.4 Å². The van der Waals surface area contributed by atoms with Gasteiger partial charge in [0.25, 0.3) is 5.69 Å². The normalized spacial score (nSPS) is 17.3. The molecule has 160 valence electrons. The van der Waals surface area contributed by atoms with Crippen LogP contribution in [0.3, 0.4) is 0 Å². The summed E-state index contributed by atoms with van der Waals surface area (Å²) < 4.78 is 32.3. The molecule has 0 aliphatic carbocycles. The highest BCUT2D eigenvalue weighted by Crippen LogP contribution is 2.31. The molecular formula is C20H23N3O6S. The summed E-state index contributed by atoms with van der Waals surface area (Å²) in [5.74, 6) is -0.734. The number of amides is 1. The summed E-state index contributed by atoms with van der Waals surface area (Å²) in [4.78, 5) is 23.3. The van der Waals surface area contributed by atoms with E-state index in [1.54, 1.807) is 24.3 Å². The molecule has 1 aliphatic rings. The van der Waals surface area contributed by atoms with Crippen molar-refractivity contribution in [3.05, 3.63) is 58.1 Å². The smallest absolute Gasteiger partial charge is 0.273 e. The number of nitro groups is 1. The Balaban J connectivity index is 1.75. The van der Waals surface area contributed by atoms with Crippen LogP contribution < -0.4 is 10.1 Å². The highest BCUT2D eigenvalue weighted by Gasteiger charge is 2.33. The predicted octanol–water partition coefficient (Wildman–Crippen LogP) is 2.95. The molecule has 0 radical (unpaired) electrons. The van der Waals surface area contributed by atoms with Crippen molar-refractivity contribution < 1.29 is 22.9 Å². The van der Waals surface area contributed by atoms with Crippen molar-refractivity contribution in [3.63, 3.8) is 0 Å². The van der Waals surface area contributed by atoms with Crippen molar-refractivity contribution in [2.24, 2.45) is 5.92 Å². The zero-order valence-electron chi connectivity index (χ0n) is 16.7. The number of non-ortho nitro benzene ring substituents is 1. The molecule has 0 bridgehead atoms. The van der Waals surface area contributed by atoms with E-state index in [1.807, 2.05) is 6.92 Å². The van der Waals surface area contributed by atoms with Crippen molar-refractivity contribution in [1.82, 2.24) is 4.31 Å². The van der Waals surface area contributed by atoms with Crippen LogP contribution in [0.15, 0.2) is 47.4 Å². The van der Waals surface area contributed by atoms with Crippen LogP contribution >= 0.6 is 0 Å². The minimum absolute atomic E-state index is 0.0668. The molecule has 0 aromatic heterocycles. The molecule has 10 heteroatoms. The quantitative estimate of drug-likeness (QED) is 0.553. The van der Waals surface area contributed by atoms with Gasteiger partial charge in [-0.3, -0.25) is 14.9 Å². The number of methoxy groups -OCH3 is 1. The fraction of sp³-hybridized carbons (Fsp3) is 0.350. The number of benzene rings is 2. The Hall–Kier alpha value is -2.98. The molecule has 1 saturated heterocycles. The number of aryl methyl sites for hydroxylation is 1. The molecule has 1 heterocycles. The van der Waals surface area contributed by atoms with Gasteiger partial charge >= 0.3 is 0 Å². The minimum atomic E-state index is -3.69. The average molecular weight is 433 g/mol. The van der Waals surface area contributed by atoms with E-state index < -0.39 is 20.9 Å². The van der Waals surface area contributed by atoms with Crippen LogP contribution in [0.2, 0.25) is 0 Å². The first-order chi connectivity index (χ1) is 14.2. The third kappa shape index (κ3) is 4.60. The Kier molecular flexibility index (Phi) is 6.37. The number of nitro benzene ring substituents is 1. The standard InChI is InChI=1S/C20H23N3O6S/c1-14-5-8-17(9-6-14)30(27,28)22-11-3-4-15(13-22)20(24)21-18-10-7-16(23(25)26)12-19(18)29-2/h5-10,12,15H,3-4,11,13H2,1-2H3,(H,21,24)/t15-/m1/s1. The lowest BCUT2D eigenvalue weighted by molar-refractivity contribution is -0.384.